The van der Waals surface area contributed by atoms with Crippen molar-refractivity contribution in [1.82, 2.24) is 9.88 Å². The van der Waals surface area contributed by atoms with Gasteiger partial charge >= 0.3 is 0 Å². The Kier molecular flexibility index (Phi) is 2.62. The van der Waals surface area contributed by atoms with Crippen LogP contribution >= 0.6 is 11.6 Å². The molecule has 1 aromatic heterocycles. The molecule has 0 aliphatic heterocycles. The predicted molar refractivity (Wildman–Crippen MR) is 68.0 cm³/mol. The van der Waals surface area contributed by atoms with Crippen LogP contribution in [0.3, 0.4) is 0 Å². The zero-order valence-corrected chi connectivity index (χ0v) is 9.87. The second kappa shape index (κ2) is 4.11. The minimum Gasteiger partial charge on any atom is -0.346 e. The molecule has 84 valence electrons. The van der Waals surface area contributed by atoms with Crippen LogP contribution in [0.5, 0.6) is 0 Å². The van der Waals surface area contributed by atoms with Crippen molar-refractivity contribution in [1.29, 1.82) is 0 Å². The van der Waals surface area contributed by atoms with Crippen LogP contribution in [0.4, 0.5) is 0 Å². The van der Waals surface area contributed by atoms with Gasteiger partial charge in [-0.25, -0.2) is 0 Å². The highest BCUT2D eigenvalue weighted by Crippen LogP contribution is 2.24. The van der Waals surface area contributed by atoms with Gasteiger partial charge < -0.3 is 9.88 Å². The van der Waals surface area contributed by atoms with Crippen LogP contribution in [-0.2, 0) is 6.54 Å². The average molecular weight is 235 g/mol. The molecule has 2 nitrogen and oxygen atoms in total. The molecular weight excluding hydrogens is 220 g/mol. The molecule has 0 bridgehead atoms. The quantitative estimate of drug-likeness (QED) is 0.861. The molecule has 0 saturated heterocycles. The van der Waals surface area contributed by atoms with E-state index in [9.17, 15) is 0 Å². The van der Waals surface area contributed by atoms with Crippen LogP contribution in [0.15, 0.2) is 30.5 Å². The third kappa shape index (κ3) is 1.95. The van der Waals surface area contributed by atoms with Crippen molar-refractivity contribution in [2.75, 3.05) is 6.54 Å². The number of hydrogen-bond donors (Lipinski definition) is 1. The SMILES string of the molecule is Clc1cccc2c1ccn2CCNC1CC1. The van der Waals surface area contributed by atoms with E-state index in [4.69, 9.17) is 11.6 Å². The molecule has 1 aliphatic rings. The summed E-state index contributed by atoms with van der Waals surface area (Å²) in [5.74, 6) is 0. The fraction of sp³-hybridized carbons (Fsp3) is 0.385. The van der Waals surface area contributed by atoms with E-state index in [1.807, 2.05) is 12.1 Å². The monoisotopic (exact) mass is 234 g/mol. The van der Waals surface area contributed by atoms with Crippen molar-refractivity contribution in [3.05, 3.63) is 35.5 Å². The van der Waals surface area contributed by atoms with E-state index in [2.05, 4.69) is 28.2 Å². The molecule has 0 amide bonds. The first-order valence-electron chi connectivity index (χ1n) is 5.81. The summed E-state index contributed by atoms with van der Waals surface area (Å²) in [5, 5.41) is 5.51. The van der Waals surface area contributed by atoms with Gasteiger partial charge in [-0.1, -0.05) is 17.7 Å². The molecule has 16 heavy (non-hydrogen) atoms. The molecule has 2 aromatic rings. The fourth-order valence-corrected chi connectivity index (χ4v) is 2.29. The molecule has 1 N–H and O–H groups in total. The maximum absolute atomic E-state index is 6.14. The van der Waals surface area contributed by atoms with E-state index in [0.29, 0.717) is 0 Å². The molecular formula is C13H15ClN2. The number of halogens is 1. The van der Waals surface area contributed by atoms with Crippen molar-refractivity contribution in [3.63, 3.8) is 0 Å². The topological polar surface area (TPSA) is 17.0 Å². The second-order valence-electron chi connectivity index (χ2n) is 4.41. The highest BCUT2D eigenvalue weighted by molar-refractivity contribution is 6.35. The molecule has 3 heteroatoms. The standard InChI is InChI=1S/C13H15ClN2/c14-12-2-1-3-13-11(12)6-8-16(13)9-7-15-10-4-5-10/h1-3,6,8,10,15H,4-5,7,9H2. The third-order valence-electron chi connectivity index (χ3n) is 3.12. The highest BCUT2D eigenvalue weighted by atomic mass is 35.5. The maximum Gasteiger partial charge on any atom is 0.0499 e. The van der Waals surface area contributed by atoms with Crippen LogP contribution < -0.4 is 5.32 Å². The van der Waals surface area contributed by atoms with Gasteiger partial charge in [0, 0.05) is 41.3 Å². The van der Waals surface area contributed by atoms with Gasteiger partial charge in [0.2, 0.25) is 0 Å². The van der Waals surface area contributed by atoms with E-state index < -0.39 is 0 Å². The summed E-state index contributed by atoms with van der Waals surface area (Å²) in [6.45, 7) is 2.06. The number of nitrogens with zero attached hydrogens (tertiary/aromatic N) is 1. The summed E-state index contributed by atoms with van der Waals surface area (Å²) in [5.41, 5.74) is 1.23. The first-order valence-corrected chi connectivity index (χ1v) is 6.19. The molecule has 0 unspecified atom stereocenters. The van der Waals surface area contributed by atoms with Gasteiger partial charge in [0.15, 0.2) is 0 Å². The number of hydrogen-bond acceptors (Lipinski definition) is 1. The summed E-state index contributed by atoms with van der Waals surface area (Å²) >= 11 is 6.14. The Morgan fingerprint density at radius 3 is 3.00 bits per heavy atom. The Morgan fingerprint density at radius 1 is 1.31 bits per heavy atom. The number of fused-ring (bicyclic) bond motifs is 1. The lowest BCUT2D eigenvalue weighted by atomic mass is 10.2. The molecule has 1 aliphatic carbocycles. The van der Waals surface area contributed by atoms with Gasteiger partial charge in [0.05, 0.1) is 0 Å². The summed E-state index contributed by atoms with van der Waals surface area (Å²) in [6.07, 6.45) is 4.81. The van der Waals surface area contributed by atoms with E-state index in [1.54, 1.807) is 0 Å². The summed E-state index contributed by atoms with van der Waals surface area (Å²) in [6, 6.07) is 8.95. The second-order valence-corrected chi connectivity index (χ2v) is 4.82. The Hall–Kier alpha value is -0.990. The average Bonchev–Trinajstić information content (AvgIpc) is 3.00. The zero-order chi connectivity index (χ0) is 11.0. The van der Waals surface area contributed by atoms with Crippen molar-refractivity contribution in [3.8, 4) is 0 Å². The molecule has 0 radical (unpaired) electrons. The Labute approximate surface area is 100 Å². The maximum atomic E-state index is 6.14. The Bertz CT molecular complexity index is 500. The lowest BCUT2D eigenvalue weighted by Gasteiger charge is -2.06. The van der Waals surface area contributed by atoms with Gasteiger partial charge in [-0.05, 0) is 31.0 Å². The van der Waals surface area contributed by atoms with Crippen molar-refractivity contribution in [2.45, 2.75) is 25.4 Å². The number of rotatable bonds is 4. The highest BCUT2D eigenvalue weighted by Gasteiger charge is 2.19. The van der Waals surface area contributed by atoms with Crippen LogP contribution in [0.25, 0.3) is 10.9 Å². The van der Waals surface area contributed by atoms with E-state index in [0.717, 1.165) is 29.5 Å². The van der Waals surface area contributed by atoms with Gasteiger partial charge in [-0.15, -0.1) is 0 Å². The summed E-state index contributed by atoms with van der Waals surface area (Å²) in [7, 11) is 0. The van der Waals surface area contributed by atoms with E-state index in [-0.39, 0.29) is 0 Å². The summed E-state index contributed by atoms with van der Waals surface area (Å²) < 4.78 is 2.26. The molecule has 1 fully saturated rings. The normalized spacial score (nSPS) is 15.8. The van der Waals surface area contributed by atoms with Crippen LogP contribution in [0, 0.1) is 0 Å². The van der Waals surface area contributed by atoms with Crippen molar-refractivity contribution in [2.24, 2.45) is 0 Å². The number of aromatic nitrogens is 1. The predicted octanol–water partition coefficient (Wildman–Crippen LogP) is 3.05. The number of benzene rings is 1. The largest absolute Gasteiger partial charge is 0.346 e. The molecule has 1 aromatic carbocycles. The van der Waals surface area contributed by atoms with E-state index in [1.165, 1.54) is 18.4 Å². The van der Waals surface area contributed by atoms with Crippen LogP contribution in [0.1, 0.15) is 12.8 Å². The van der Waals surface area contributed by atoms with E-state index >= 15 is 0 Å². The molecule has 0 atom stereocenters. The third-order valence-corrected chi connectivity index (χ3v) is 3.45. The lowest BCUT2D eigenvalue weighted by molar-refractivity contribution is 0.606. The van der Waals surface area contributed by atoms with Crippen molar-refractivity contribution < 1.29 is 0 Å². The van der Waals surface area contributed by atoms with Crippen molar-refractivity contribution >= 4 is 22.5 Å². The Balaban J connectivity index is 1.77. The number of nitrogens with one attached hydrogen (secondary N) is 1. The fourth-order valence-electron chi connectivity index (χ4n) is 2.06. The Morgan fingerprint density at radius 2 is 2.19 bits per heavy atom. The molecule has 1 saturated carbocycles. The smallest absolute Gasteiger partial charge is 0.0499 e. The molecule has 3 rings (SSSR count). The van der Waals surface area contributed by atoms with Crippen LogP contribution in [0.2, 0.25) is 5.02 Å². The van der Waals surface area contributed by atoms with Gasteiger partial charge in [-0.3, -0.25) is 0 Å². The minimum absolute atomic E-state index is 0.783. The molecule has 1 heterocycles. The lowest BCUT2D eigenvalue weighted by Crippen LogP contribution is -2.21. The first kappa shape index (κ1) is 10.2. The zero-order valence-electron chi connectivity index (χ0n) is 9.12. The minimum atomic E-state index is 0.783. The van der Waals surface area contributed by atoms with Gasteiger partial charge in [0.1, 0.15) is 0 Å². The van der Waals surface area contributed by atoms with Crippen LogP contribution in [-0.4, -0.2) is 17.2 Å². The first-order chi connectivity index (χ1) is 7.84. The van der Waals surface area contributed by atoms with Gasteiger partial charge in [0.25, 0.3) is 0 Å². The summed E-state index contributed by atoms with van der Waals surface area (Å²) in [4.78, 5) is 0. The molecule has 0 spiro atoms. The van der Waals surface area contributed by atoms with Gasteiger partial charge in [-0.2, -0.15) is 0 Å².